The summed E-state index contributed by atoms with van der Waals surface area (Å²) in [4.78, 5) is 22.5. The van der Waals surface area contributed by atoms with Crippen LogP contribution in [0.1, 0.15) is 27.2 Å². The van der Waals surface area contributed by atoms with E-state index in [1.165, 1.54) is 0 Å². The van der Waals surface area contributed by atoms with Gasteiger partial charge in [-0.1, -0.05) is 20.8 Å². The average molecular weight is 290 g/mol. The minimum absolute atomic E-state index is 0.110. The minimum Gasteiger partial charge on any atom is -0.481 e. The zero-order chi connectivity index (χ0) is 15.6. The lowest BCUT2D eigenvalue weighted by atomic mass is 9.85. The van der Waals surface area contributed by atoms with E-state index in [-0.39, 0.29) is 17.9 Å². The van der Waals surface area contributed by atoms with E-state index < -0.39 is 12.0 Å². The first kappa shape index (κ1) is 18.7. The first-order chi connectivity index (χ1) is 9.27. The molecular weight excluding hydrogens is 264 g/mol. The van der Waals surface area contributed by atoms with E-state index in [4.69, 9.17) is 14.6 Å². The molecule has 0 aliphatic heterocycles. The fourth-order valence-corrected chi connectivity index (χ4v) is 1.44. The van der Waals surface area contributed by atoms with Gasteiger partial charge in [0.1, 0.15) is 0 Å². The smallest absolute Gasteiger partial charge is 0.315 e. The summed E-state index contributed by atoms with van der Waals surface area (Å²) in [6.07, 6.45) is -0.110. The minimum atomic E-state index is -0.937. The summed E-state index contributed by atoms with van der Waals surface area (Å²) < 4.78 is 10.0. The SMILES string of the molecule is COCCOCCNC(=O)NC(CC(=O)O)C(C)(C)C. The molecule has 0 rings (SSSR count). The zero-order valence-electron chi connectivity index (χ0n) is 12.7. The number of urea groups is 1. The number of methoxy groups -OCH3 is 1. The maximum absolute atomic E-state index is 11.7. The van der Waals surface area contributed by atoms with Gasteiger partial charge in [0.25, 0.3) is 0 Å². The zero-order valence-corrected chi connectivity index (χ0v) is 12.7. The molecule has 0 aromatic heterocycles. The summed E-state index contributed by atoms with van der Waals surface area (Å²) in [5, 5.41) is 14.2. The number of nitrogens with one attached hydrogen (secondary N) is 2. The first-order valence-corrected chi connectivity index (χ1v) is 6.60. The van der Waals surface area contributed by atoms with Crippen molar-refractivity contribution < 1.29 is 24.2 Å². The molecule has 7 nitrogen and oxygen atoms in total. The van der Waals surface area contributed by atoms with Crippen LogP contribution in [0.3, 0.4) is 0 Å². The van der Waals surface area contributed by atoms with Gasteiger partial charge in [-0.15, -0.1) is 0 Å². The van der Waals surface area contributed by atoms with E-state index in [1.807, 2.05) is 20.8 Å². The van der Waals surface area contributed by atoms with Gasteiger partial charge in [0.15, 0.2) is 0 Å². The summed E-state index contributed by atoms with van der Waals surface area (Å²) in [6, 6.07) is -0.823. The Hall–Kier alpha value is -1.34. The van der Waals surface area contributed by atoms with Gasteiger partial charge in [0, 0.05) is 19.7 Å². The van der Waals surface area contributed by atoms with Gasteiger partial charge in [-0.05, 0) is 5.41 Å². The second-order valence-corrected chi connectivity index (χ2v) is 5.52. The lowest BCUT2D eigenvalue weighted by Crippen LogP contribution is -2.49. The van der Waals surface area contributed by atoms with Crippen LogP contribution >= 0.6 is 0 Å². The van der Waals surface area contributed by atoms with Gasteiger partial charge >= 0.3 is 12.0 Å². The van der Waals surface area contributed by atoms with E-state index in [1.54, 1.807) is 7.11 Å². The molecule has 0 spiro atoms. The summed E-state index contributed by atoms with van der Waals surface area (Å²) in [6.45, 7) is 7.38. The third-order valence-electron chi connectivity index (χ3n) is 2.69. The van der Waals surface area contributed by atoms with Crippen molar-refractivity contribution in [2.45, 2.75) is 33.2 Å². The van der Waals surface area contributed by atoms with Crippen LogP contribution in [0, 0.1) is 5.41 Å². The Bertz CT molecular complexity index is 302. The first-order valence-electron chi connectivity index (χ1n) is 6.60. The number of hydrogen-bond acceptors (Lipinski definition) is 4. The molecule has 2 amide bonds. The molecule has 0 bridgehead atoms. The Labute approximate surface area is 120 Å². The molecule has 0 heterocycles. The van der Waals surface area contributed by atoms with Crippen molar-refractivity contribution >= 4 is 12.0 Å². The normalized spacial score (nSPS) is 12.8. The number of carbonyl (C=O) groups is 2. The van der Waals surface area contributed by atoms with Crippen LogP contribution in [0.2, 0.25) is 0 Å². The maximum Gasteiger partial charge on any atom is 0.315 e. The molecule has 118 valence electrons. The summed E-state index contributed by atoms with van der Waals surface area (Å²) in [7, 11) is 1.59. The molecule has 0 aromatic rings. The Morgan fingerprint density at radius 3 is 2.35 bits per heavy atom. The van der Waals surface area contributed by atoms with Crippen molar-refractivity contribution in [1.29, 1.82) is 0 Å². The summed E-state index contributed by atoms with van der Waals surface area (Å²) >= 11 is 0. The molecule has 3 N–H and O–H groups in total. The molecule has 7 heteroatoms. The highest BCUT2D eigenvalue weighted by molar-refractivity contribution is 5.75. The van der Waals surface area contributed by atoms with E-state index in [9.17, 15) is 9.59 Å². The Morgan fingerprint density at radius 2 is 1.85 bits per heavy atom. The van der Waals surface area contributed by atoms with E-state index >= 15 is 0 Å². The van der Waals surface area contributed by atoms with Crippen LogP contribution in [0.25, 0.3) is 0 Å². The number of carbonyl (C=O) groups excluding carboxylic acids is 1. The molecular formula is C13H26N2O5. The van der Waals surface area contributed by atoms with Crippen LogP contribution in [0.15, 0.2) is 0 Å². The summed E-state index contributed by atoms with van der Waals surface area (Å²) in [5.41, 5.74) is -0.329. The Kier molecular flexibility index (Phi) is 8.91. The molecule has 1 atom stereocenters. The third-order valence-corrected chi connectivity index (χ3v) is 2.69. The molecule has 0 saturated heterocycles. The van der Waals surface area contributed by atoms with Gasteiger partial charge in [-0.2, -0.15) is 0 Å². The van der Waals surface area contributed by atoms with E-state index in [2.05, 4.69) is 10.6 Å². The third kappa shape index (κ3) is 9.57. The molecule has 0 radical (unpaired) electrons. The Balaban J connectivity index is 3.99. The number of hydrogen-bond donors (Lipinski definition) is 3. The number of carboxylic acids is 1. The van der Waals surface area contributed by atoms with Crippen molar-refractivity contribution in [2.24, 2.45) is 5.41 Å². The Morgan fingerprint density at radius 1 is 1.20 bits per heavy atom. The highest BCUT2D eigenvalue weighted by Crippen LogP contribution is 2.21. The second-order valence-electron chi connectivity index (χ2n) is 5.52. The van der Waals surface area contributed by atoms with E-state index in [0.29, 0.717) is 26.4 Å². The van der Waals surface area contributed by atoms with Crippen molar-refractivity contribution in [3.63, 3.8) is 0 Å². The average Bonchev–Trinajstić information content (AvgIpc) is 2.31. The number of rotatable bonds is 9. The maximum atomic E-state index is 11.7. The molecule has 0 aliphatic rings. The quantitative estimate of drug-likeness (QED) is 0.547. The van der Waals surface area contributed by atoms with Gasteiger partial charge in [-0.25, -0.2) is 4.79 Å². The van der Waals surface area contributed by atoms with Crippen molar-refractivity contribution in [2.75, 3.05) is 33.5 Å². The molecule has 20 heavy (non-hydrogen) atoms. The van der Waals surface area contributed by atoms with Crippen LogP contribution in [-0.2, 0) is 14.3 Å². The fraction of sp³-hybridized carbons (Fsp3) is 0.846. The van der Waals surface area contributed by atoms with Gasteiger partial charge < -0.3 is 25.2 Å². The van der Waals surface area contributed by atoms with Gasteiger partial charge in [0.05, 0.1) is 26.2 Å². The number of carboxylic acid groups (broad SMARTS) is 1. The standard InChI is InChI=1S/C13H26N2O5/c1-13(2,3)10(9-11(16)17)15-12(18)14-5-6-20-8-7-19-4/h10H,5-9H2,1-4H3,(H,16,17)(H2,14,15,18). The van der Waals surface area contributed by atoms with Crippen molar-refractivity contribution in [1.82, 2.24) is 10.6 Å². The van der Waals surface area contributed by atoms with Crippen molar-refractivity contribution in [3.8, 4) is 0 Å². The lowest BCUT2D eigenvalue weighted by Gasteiger charge is -2.30. The van der Waals surface area contributed by atoms with Crippen LogP contribution in [0.5, 0.6) is 0 Å². The summed E-state index contributed by atoms with van der Waals surface area (Å²) in [5.74, 6) is -0.937. The monoisotopic (exact) mass is 290 g/mol. The van der Waals surface area contributed by atoms with E-state index in [0.717, 1.165) is 0 Å². The van der Waals surface area contributed by atoms with Crippen LogP contribution < -0.4 is 10.6 Å². The molecule has 1 unspecified atom stereocenters. The van der Waals surface area contributed by atoms with Gasteiger partial charge in [0.2, 0.25) is 0 Å². The van der Waals surface area contributed by atoms with Crippen LogP contribution in [0.4, 0.5) is 4.79 Å². The number of ether oxygens (including phenoxy) is 2. The second kappa shape index (κ2) is 9.55. The number of amides is 2. The van der Waals surface area contributed by atoms with Gasteiger partial charge in [-0.3, -0.25) is 4.79 Å². The molecule has 0 saturated carbocycles. The highest BCUT2D eigenvalue weighted by Gasteiger charge is 2.28. The number of aliphatic carboxylic acids is 1. The largest absolute Gasteiger partial charge is 0.481 e. The highest BCUT2D eigenvalue weighted by atomic mass is 16.5. The predicted octanol–water partition coefficient (Wildman–Crippen LogP) is 0.838. The van der Waals surface area contributed by atoms with Crippen LogP contribution in [-0.4, -0.2) is 56.6 Å². The predicted molar refractivity (Wildman–Crippen MR) is 74.7 cm³/mol. The lowest BCUT2D eigenvalue weighted by molar-refractivity contribution is -0.138. The van der Waals surface area contributed by atoms with Crippen molar-refractivity contribution in [3.05, 3.63) is 0 Å². The molecule has 0 aliphatic carbocycles. The fourth-order valence-electron chi connectivity index (χ4n) is 1.44. The molecule has 0 fully saturated rings. The topological polar surface area (TPSA) is 96.9 Å². The molecule has 0 aromatic carbocycles.